The lowest BCUT2D eigenvalue weighted by Crippen LogP contribution is -2.19. The maximum absolute atomic E-state index is 14.1. The van der Waals surface area contributed by atoms with Crippen LogP contribution in [0, 0.1) is 5.82 Å². The molecule has 0 spiro atoms. The number of likely N-dealkylation sites (tertiary alicyclic amines) is 1. The summed E-state index contributed by atoms with van der Waals surface area (Å²) in [4.78, 5) is 2.28. The summed E-state index contributed by atoms with van der Waals surface area (Å²) in [6.45, 7) is 2.82. The van der Waals surface area contributed by atoms with Crippen LogP contribution in [0.3, 0.4) is 0 Å². The highest BCUT2D eigenvalue weighted by Crippen LogP contribution is 2.26. The first-order valence-corrected chi connectivity index (χ1v) is 6.54. The third-order valence-corrected chi connectivity index (χ3v) is 3.63. The van der Waals surface area contributed by atoms with Crippen LogP contribution < -0.4 is 5.73 Å². The molecule has 5 heteroatoms. The van der Waals surface area contributed by atoms with Gasteiger partial charge in [-0.3, -0.25) is 10.00 Å². The monoisotopic (exact) mass is 260 g/mol. The van der Waals surface area contributed by atoms with Crippen LogP contribution in [-0.4, -0.2) is 28.2 Å². The molecule has 0 unspecified atom stereocenters. The molecule has 1 aliphatic heterocycles. The number of rotatable bonds is 3. The number of benzene rings is 1. The van der Waals surface area contributed by atoms with Crippen molar-refractivity contribution in [2.24, 2.45) is 0 Å². The quantitative estimate of drug-likeness (QED) is 0.891. The van der Waals surface area contributed by atoms with Gasteiger partial charge in [-0.05, 0) is 37.6 Å². The summed E-state index contributed by atoms with van der Waals surface area (Å²) in [5.41, 5.74) is 7.99. The molecule has 0 radical (unpaired) electrons. The van der Waals surface area contributed by atoms with Gasteiger partial charge in [0, 0.05) is 17.7 Å². The van der Waals surface area contributed by atoms with Crippen molar-refractivity contribution < 1.29 is 4.39 Å². The van der Waals surface area contributed by atoms with Gasteiger partial charge in [-0.15, -0.1) is 0 Å². The molecule has 2 heterocycles. The highest BCUT2D eigenvalue weighted by atomic mass is 19.1. The Morgan fingerprint density at radius 1 is 1.32 bits per heavy atom. The predicted molar refractivity (Wildman–Crippen MR) is 72.9 cm³/mol. The molecule has 0 aliphatic carbocycles. The van der Waals surface area contributed by atoms with E-state index in [1.807, 2.05) is 12.1 Å². The number of aromatic nitrogens is 2. The maximum atomic E-state index is 14.1. The van der Waals surface area contributed by atoms with Crippen LogP contribution in [0.5, 0.6) is 0 Å². The van der Waals surface area contributed by atoms with Gasteiger partial charge in [0.05, 0.1) is 6.20 Å². The molecule has 0 saturated carbocycles. The lowest BCUT2D eigenvalue weighted by atomic mass is 10.1. The number of nitrogens with two attached hydrogens (primary N) is 1. The van der Waals surface area contributed by atoms with Crippen molar-refractivity contribution >= 4 is 5.82 Å². The molecule has 4 nitrogen and oxygen atoms in total. The number of hydrogen-bond donors (Lipinski definition) is 2. The Kier molecular flexibility index (Phi) is 3.21. The van der Waals surface area contributed by atoms with E-state index in [2.05, 4.69) is 15.1 Å². The van der Waals surface area contributed by atoms with Crippen molar-refractivity contribution in [3.8, 4) is 11.1 Å². The molecule has 3 N–H and O–H groups in total. The molecule has 0 amide bonds. The Balaban J connectivity index is 1.83. The minimum atomic E-state index is -0.176. The van der Waals surface area contributed by atoms with Gasteiger partial charge in [0.15, 0.2) is 0 Å². The SMILES string of the molecule is Nc1[nH]ncc1-c1ccc(CN2CCCC2)c(F)c1. The molecule has 0 bridgehead atoms. The van der Waals surface area contributed by atoms with Gasteiger partial charge in [0.2, 0.25) is 0 Å². The molecule has 2 aromatic rings. The topological polar surface area (TPSA) is 57.9 Å². The zero-order valence-electron chi connectivity index (χ0n) is 10.7. The fourth-order valence-electron chi connectivity index (χ4n) is 2.55. The van der Waals surface area contributed by atoms with Crippen molar-refractivity contribution in [1.82, 2.24) is 15.1 Å². The number of halogens is 1. The van der Waals surface area contributed by atoms with E-state index in [9.17, 15) is 4.39 Å². The normalized spacial score (nSPS) is 16.1. The second kappa shape index (κ2) is 5.01. The second-order valence-corrected chi connectivity index (χ2v) is 4.99. The highest BCUT2D eigenvalue weighted by molar-refractivity contribution is 5.73. The largest absolute Gasteiger partial charge is 0.384 e. The van der Waals surface area contributed by atoms with Crippen LogP contribution in [0.2, 0.25) is 0 Å². The number of aromatic amines is 1. The molecule has 1 aliphatic rings. The molecule has 1 saturated heterocycles. The van der Waals surface area contributed by atoms with Crippen LogP contribution in [0.4, 0.5) is 10.2 Å². The fourth-order valence-corrected chi connectivity index (χ4v) is 2.55. The second-order valence-electron chi connectivity index (χ2n) is 4.99. The average Bonchev–Trinajstić information content (AvgIpc) is 3.03. The molecular formula is C14H17FN4. The Labute approximate surface area is 111 Å². The predicted octanol–water partition coefficient (Wildman–Crippen LogP) is 2.39. The first-order chi connectivity index (χ1) is 9.24. The molecule has 1 fully saturated rings. The summed E-state index contributed by atoms with van der Waals surface area (Å²) in [7, 11) is 0. The zero-order valence-corrected chi connectivity index (χ0v) is 10.7. The van der Waals surface area contributed by atoms with Crippen LogP contribution in [0.25, 0.3) is 11.1 Å². The van der Waals surface area contributed by atoms with E-state index in [1.54, 1.807) is 6.20 Å². The van der Waals surface area contributed by atoms with Crippen molar-refractivity contribution in [3.05, 3.63) is 35.8 Å². The molecule has 19 heavy (non-hydrogen) atoms. The Bertz CT molecular complexity index is 573. The summed E-state index contributed by atoms with van der Waals surface area (Å²) >= 11 is 0. The third kappa shape index (κ3) is 2.46. The molecular weight excluding hydrogens is 243 g/mol. The molecule has 1 aromatic carbocycles. The number of hydrogen-bond acceptors (Lipinski definition) is 3. The third-order valence-electron chi connectivity index (χ3n) is 3.63. The van der Waals surface area contributed by atoms with Crippen LogP contribution >= 0.6 is 0 Å². The van der Waals surface area contributed by atoms with Crippen molar-refractivity contribution in [2.45, 2.75) is 19.4 Å². The summed E-state index contributed by atoms with van der Waals surface area (Å²) in [6, 6.07) is 5.28. The van der Waals surface area contributed by atoms with E-state index in [1.165, 1.54) is 18.9 Å². The van der Waals surface area contributed by atoms with Gasteiger partial charge < -0.3 is 5.73 Å². The van der Waals surface area contributed by atoms with Gasteiger partial charge in [-0.2, -0.15) is 5.10 Å². The standard InChI is InChI=1S/C14H17FN4/c15-13-7-10(12-8-17-18-14(12)16)3-4-11(13)9-19-5-1-2-6-19/h3-4,7-8H,1-2,5-6,9H2,(H3,16,17,18). The van der Waals surface area contributed by atoms with Gasteiger partial charge >= 0.3 is 0 Å². The zero-order chi connectivity index (χ0) is 13.2. The molecule has 3 rings (SSSR count). The number of nitrogen functional groups attached to an aromatic ring is 1. The number of nitrogens with zero attached hydrogens (tertiary/aromatic N) is 2. The van der Waals surface area contributed by atoms with Crippen molar-refractivity contribution in [2.75, 3.05) is 18.8 Å². The lowest BCUT2D eigenvalue weighted by molar-refractivity contribution is 0.325. The summed E-state index contributed by atoms with van der Waals surface area (Å²) in [5, 5.41) is 6.51. The average molecular weight is 260 g/mol. The van der Waals surface area contributed by atoms with Crippen LogP contribution in [-0.2, 0) is 6.54 Å². The lowest BCUT2D eigenvalue weighted by Gasteiger charge is -2.15. The summed E-state index contributed by atoms with van der Waals surface area (Å²) < 4.78 is 14.1. The summed E-state index contributed by atoms with van der Waals surface area (Å²) in [6.07, 6.45) is 4.04. The maximum Gasteiger partial charge on any atom is 0.128 e. The van der Waals surface area contributed by atoms with Crippen molar-refractivity contribution in [3.63, 3.8) is 0 Å². The van der Waals surface area contributed by atoms with Gasteiger partial charge in [0.25, 0.3) is 0 Å². The van der Waals surface area contributed by atoms with E-state index >= 15 is 0 Å². The van der Waals surface area contributed by atoms with E-state index in [4.69, 9.17) is 5.73 Å². The van der Waals surface area contributed by atoms with E-state index in [0.717, 1.165) is 29.8 Å². The van der Waals surface area contributed by atoms with Crippen molar-refractivity contribution in [1.29, 1.82) is 0 Å². The summed E-state index contributed by atoms with van der Waals surface area (Å²) in [5.74, 6) is 0.289. The minimum absolute atomic E-state index is 0.176. The molecule has 0 atom stereocenters. The fraction of sp³-hybridized carbons (Fsp3) is 0.357. The Hall–Kier alpha value is -1.88. The molecule has 100 valence electrons. The Morgan fingerprint density at radius 2 is 2.11 bits per heavy atom. The van der Waals surface area contributed by atoms with E-state index < -0.39 is 0 Å². The number of anilines is 1. The number of H-pyrrole nitrogens is 1. The smallest absolute Gasteiger partial charge is 0.128 e. The van der Waals surface area contributed by atoms with Crippen LogP contribution in [0.15, 0.2) is 24.4 Å². The van der Waals surface area contributed by atoms with Gasteiger partial charge in [0.1, 0.15) is 11.6 Å². The van der Waals surface area contributed by atoms with E-state index in [-0.39, 0.29) is 5.82 Å². The Morgan fingerprint density at radius 3 is 2.74 bits per heavy atom. The van der Waals surface area contributed by atoms with Gasteiger partial charge in [-0.25, -0.2) is 4.39 Å². The first-order valence-electron chi connectivity index (χ1n) is 6.54. The number of nitrogens with one attached hydrogen (secondary N) is 1. The van der Waals surface area contributed by atoms with E-state index in [0.29, 0.717) is 12.4 Å². The first kappa shape index (κ1) is 12.2. The van der Waals surface area contributed by atoms with Crippen LogP contribution in [0.1, 0.15) is 18.4 Å². The van der Waals surface area contributed by atoms with Gasteiger partial charge in [-0.1, -0.05) is 12.1 Å². The minimum Gasteiger partial charge on any atom is -0.384 e. The highest BCUT2D eigenvalue weighted by Gasteiger charge is 2.15. The molecule has 1 aromatic heterocycles.